The van der Waals surface area contributed by atoms with Gasteiger partial charge in [-0.25, -0.2) is 4.39 Å². The van der Waals surface area contributed by atoms with Crippen LogP contribution in [0.3, 0.4) is 0 Å². The molecule has 0 aliphatic carbocycles. The van der Waals surface area contributed by atoms with Gasteiger partial charge in [0.2, 0.25) is 0 Å². The van der Waals surface area contributed by atoms with Crippen LogP contribution in [0.25, 0.3) is 0 Å². The SMILES string of the molecule is CC/C=C(\F)C(=O)NC(CC)CC#N. The molecular weight excluding hydrogens is 183 g/mol. The third-order valence-corrected chi connectivity index (χ3v) is 1.77. The smallest absolute Gasteiger partial charge is 0.279 e. The third kappa shape index (κ3) is 4.61. The Kier molecular flexibility index (Phi) is 6.38. The predicted molar refractivity (Wildman–Crippen MR) is 51.9 cm³/mol. The summed E-state index contributed by atoms with van der Waals surface area (Å²) in [5.74, 6) is -1.50. The van der Waals surface area contributed by atoms with Crippen LogP contribution < -0.4 is 5.32 Å². The Morgan fingerprint density at radius 3 is 2.71 bits per heavy atom. The number of carbonyl (C=O) groups excluding carboxylic acids is 1. The molecule has 1 atom stereocenters. The molecule has 4 heteroatoms. The molecule has 1 N–H and O–H groups in total. The van der Waals surface area contributed by atoms with Gasteiger partial charge < -0.3 is 5.32 Å². The summed E-state index contributed by atoms with van der Waals surface area (Å²) in [6.45, 7) is 3.59. The van der Waals surface area contributed by atoms with Gasteiger partial charge in [-0.15, -0.1) is 0 Å². The summed E-state index contributed by atoms with van der Waals surface area (Å²) < 4.78 is 12.9. The van der Waals surface area contributed by atoms with Crippen LogP contribution in [0.5, 0.6) is 0 Å². The Morgan fingerprint density at radius 1 is 1.64 bits per heavy atom. The van der Waals surface area contributed by atoms with Gasteiger partial charge in [0.15, 0.2) is 5.83 Å². The molecule has 0 heterocycles. The van der Waals surface area contributed by atoms with E-state index >= 15 is 0 Å². The number of halogens is 1. The molecule has 0 aromatic rings. The second-order valence-corrected chi connectivity index (χ2v) is 2.90. The molecule has 0 aromatic carbocycles. The van der Waals surface area contributed by atoms with E-state index in [4.69, 9.17) is 5.26 Å². The van der Waals surface area contributed by atoms with Crippen molar-refractivity contribution in [1.82, 2.24) is 5.32 Å². The van der Waals surface area contributed by atoms with Gasteiger partial charge in [-0.2, -0.15) is 5.26 Å². The van der Waals surface area contributed by atoms with Crippen molar-refractivity contribution in [3.05, 3.63) is 11.9 Å². The highest BCUT2D eigenvalue weighted by Crippen LogP contribution is 2.02. The molecule has 0 saturated heterocycles. The van der Waals surface area contributed by atoms with Crippen molar-refractivity contribution in [2.45, 2.75) is 39.2 Å². The normalized spacial score (nSPS) is 13.1. The van der Waals surface area contributed by atoms with E-state index in [-0.39, 0.29) is 12.5 Å². The molecule has 1 unspecified atom stereocenters. The summed E-state index contributed by atoms with van der Waals surface area (Å²) in [5, 5.41) is 10.9. The quantitative estimate of drug-likeness (QED) is 0.687. The Hall–Kier alpha value is -1.37. The first-order valence-corrected chi connectivity index (χ1v) is 4.69. The van der Waals surface area contributed by atoms with Gasteiger partial charge in [-0.1, -0.05) is 13.8 Å². The van der Waals surface area contributed by atoms with Crippen molar-refractivity contribution in [1.29, 1.82) is 5.26 Å². The maximum atomic E-state index is 12.9. The monoisotopic (exact) mass is 198 g/mol. The number of carbonyl (C=O) groups is 1. The van der Waals surface area contributed by atoms with Gasteiger partial charge in [0.05, 0.1) is 12.5 Å². The van der Waals surface area contributed by atoms with Crippen LogP contribution in [0, 0.1) is 11.3 Å². The van der Waals surface area contributed by atoms with Crippen LogP contribution in [0.4, 0.5) is 4.39 Å². The van der Waals surface area contributed by atoms with Crippen LogP contribution in [0.1, 0.15) is 33.1 Å². The van der Waals surface area contributed by atoms with Gasteiger partial charge in [0.25, 0.3) is 5.91 Å². The fourth-order valence-corrected chi connectivity index (χ4v) is 0.934. The highest BCUT2D eigenvalue weighted by molar-refractivity contribution is 5.91. The van der Waals surface area contributed by atoms with Crippen molar-refractivity contribution < 1.29 is 9.18 Å². The zero-order chi connectivity index (χ0) is 11.0. The first-order valence-electron chi connectivity index (χ1n) is 4.69. The van der Waals surface area contributed by atoms with Crippen LogP contribution in [0.2, 0.25) is 0 Å². The van der Waals surface area contributed by atoms with E-state index in [1.807, 2.05) is 13.0 Å². The van der Waals surface area contributed by atoms with E-state index in [2.05, 4.69) is 5.32 Å². The third-order valence-electron chi connectivity index (χ3n) is 1.77. The van der Waals surface area contributed by atoms with Crippen molar-refractivity contribution in [2.24, 2.45) is 0 Å². The number of nitrogens with zero attached hydrogens (tertiary/aromatic N) is 1. The van der Waals surface area contributed by atoms with E-state index in [1.165, 1.54) is 6.08 Å². The Labute approximate surface area is 83.6 Å². The molecular formula is C10H15FN2O. The molecule has 0 saturated carbocycles. The van der Waals surface area contributed by atoms with E-state index < -0.39 is 11.7 Å². The first kappa shape index (κ1) is 12.6. The fraction of sp³-hybridized carbons (Fsp3) is 0.600. The summed E-state index contributed by atoms with van der Waals surface area (Å²) in [6, 6.07) is 1.68. The van der Waals surface area contributed by atoms with Crippen LogP contribution >= 0.6 is 0 Å². The molecule has 3 nitrogen and oxygen atoms in total. The van der Waals surface area contributed by atoms with E-state index in [1.54, 1.807) is 6.92 Å². The molecule has 0 radical (unpaired) electrons. The second-order valence-electron chi connectivity index (χ2n) is 2.90. The number of nitriles is 1. The zero-order valence-electron chi connectivity index (χ0n) is 8.51. The van der Waals surface area contributed by atoms with Crippen molar-refractivity contribution in [2.75, 3.05) is 0 Å². The molecule has 0 spiro atoms. The summed E-state index contributed by atoms with van der Waals surface area (Å²) in [4.78, 5) is 11.1. The number of allylic oxidation sites excluding steroid dienone is 1. The molecule has 78 valence electrons. The van der Waals surface area contributed by atoms with Crippen molar-refractivity contribution in [3.8, 4) is 6.07 Å². The second kappa shape index (κ2) is 7.07. The maximum Gasteiger partial charge on any atom is 0.279 e. The number of amides is 1. The Morgan fingerprint density at radius 2 is 2.29 bits per heavy atom. The Bertz CT molecular complexity index is 255. The standard InChI is InChI=1S/C10H15FN2O/c1-3-5-9(11)10(14)13-8(4-2)6-7-12/h5,8H,3-4,6H2,1-2H3,(H,13,14)/b9-5-. The van der Waals surface area contributed by atoms with Gasteiger partial charge in [-0.05, 0) is 18.9 Å². The fourth-order valence-electron chi connectivity index (χ4n) is 0.934. The lowest BCUT2D eigenvalue weighted by Crippen LogP contribution is -2.34. The zero-order valence-corrected chi connectivity index (χ0v) is 8.51. The van der Waals surface area contributed by atoms with E-state index in [0.29, 0.717) is 12.8 Å². The minimum Gasteiger partial charge on any atom is -0.346 e. The number of nitrogens with one attached hydrogen (secondary N) is 1. The minimum absolute atomic E-state index is 0.210. The van der Waals surface area contributed by atoms with E-state index in [0.717, 1.165) is 0 Å². The molecule has 1 amide bonds. The highest BCUT2D eigenvalue weighted by Gasteiger charge is 2.13. The van der Waals surface area contributed by atoms with Gasteiger partial charge in [0, 0.05) is 6.04 Å². The lowest BCUT2D eigenvalue weighted by Gasteiger charge is -2.12. The number of hydrogen-bond donors (Lipinski definition) is 1. The molecule has 0 aromatic heterocycles. The minimum atomic E-state index is -0.774. The summed E-state index contributed by atoms with van der Waals surface area (Å²) in [7, 11) is 0. The average Bonchev–Trinajstić information content (AvgIpc) is 2.17. The maximum absolute atomic E-state index is 12.9. The largest absolute Gasteiger partial charge is 0.346 e. The first-order chi connectivity index (χ1) is 6.65. The Balaban J connectivity index is 4.16. The van der Waals surface area contributed by atoms with Crippen molar-refractivity contribution >= 4 is 5.91 Å². The lowest BCUT2D eigenvalue weighted by molar-refractivity contribution is -0.119. The number of hydrogen-bond acceptors (Lipinski definition) is 2. The lowest BCUT2D eigenvalue weighted by atomic mass is 10.1. The molecule has 14 heavy (non-hydrogen) atoms. The molecule has 0 aliphatic heterocycles. The summed E-state index contributed by atoms with van der Waals surface area (Å²) >= 11 is 0. The summed E-state index contributed by atoms with van der Waals surface area (Å²) in [6.07, 6.45) is 2.53. The average molecular weight is 198 g/mol. The van der Waals surface area contributed by atoms with Gasteiger partial charge in [-0.3, -0.25) is 4.79 Å². The summed E-state index contributed by atoms with van der Waals surface area (Å²) in [5.41, 5.74) is 0. The molecule has 0 bridgehead atoms. The van der Waals surface area contributed by atoms with Crippen LogP contribution in [-0.4, -0.2) is 11.9 Å². The number of rotatable bonds is 5. The van der Waals surface area contributed by atoms with Gasteiger partial charge >= 0.3 is 0 Å². The van der Waals surface area contributed by atoms with Gasteiger partial charge in [0.1, 0.15) is 0 Å². The van der Waals surface area contributed by atoms with Crippen molar-refractivity contribution in [3.63, 3.8) is 0 Å². The van der Waals surface area contributed by atoms with Crippen LogP contribution in [-0.2, 0) is 4.79 Å². The topological polar surface area (TPSA) is 52.9 Å². The molecule has 0 aliphatic rings. The highest BCUT2D eigenvalue weighted by atomic mass is 19.1. The predicted octanol–water partition coefficient (Wildman–Crippen LogP) is 2.06. The molecule has 0 rings (SSSR count). The molecule has 0 fully saturated rings. The van der Waals surface area contributed by atoms with Crippen LogP contribution in [0.15, 0.2) is 11.9 Å². The van der Waals surface area contributed by atoms with E-state index in [9.17, 15) is 9.18 Å².